The highest BCUT2D eigenvalue weighted by Crippen LogP contribution is 2.22. The van der Waals surface area contributed by atoms with E-state index in [1.165, 1.54) is 7.11 Å². The van der Waals surface area contributed by atoms with E-state index in [0.717, 1.165) is 30.1 Å². The van der Waals surface area contributed by atoms with Crippen molar-refractivity contribution in [2.45, 2.75) is 19.0 Å². The molecule has 1 aliphatic heterocycles. The van der Waals surface area contributed by atoms with Gasteiger partial charge in [0.1, 0.15) is 6.04 Å². The van der Waals surface area contributed by atoms with E-state index in [4.69, 9.17) is 16.3 Å². The Morgan fingerprint density at radius 2 is 2.44 bits per heavy atom. The summed E-state index contributed by atoms with van der Waals surface area (Å²) in [5.74, 6) is -0.145. The summed E-state index contributed by atoms with van der Waals surface area (Å²) < 4.78 is 4.74. The number of methoxy groups -OCH3 is 1. The largest absolute Gasteiger partial charge is 0.468 e. The minimum absolute atomic E-state index is 0.0796. The maximum atomic E-state index is 11.4. The van der Waals surface area contributed by atoms with Crippen LogP contribution in [0.25, 0.3) is 0 Å². The van der Waals surface area contributed by atoms with Gasteiger partial charge in [-0.3, -0.25) is 9.69 Å². The molecule has 0 saturated carbocycles. The molecule has 86 valence electrons. The lowest BCUT2D eigenvalue weighted by Gasteiger charge is -2.38. The normalized spacial score (nSPS) is 20.2. The highest BCUT2D eigenvalue weighted by molar-refractivity contribution is 6.30. The fourth-order valence-electron chi connectivity index (χ4n) is 1.90. The van der Waals surface area contributed by atoms with E-state index in [1.807, 2.05) is 24.3 Å². The molecule has 1 fully saturated rings. The Bertz CT molecular complexity index is 394. The van der Waals surface area contributed by atoms with E-state index >= 15 is 0 Å². The van der Waals surface area contributed by atoms with Gasteiger partial charge in [-0.2, -0.15) is 0 Å². The summed E-state index contributed by atoms with van der Waals surface area (Å²) in [6.45, 7) is 1.69. The maximum Gasteiger partial charge on any atom is 0.323 e. The molecule has 0 amide bonds. The van der Waals surface area contributed by atoms with E-state index in [1.54, 1.807) is 0 Å². The summed E-state index contributed by atoms with van der Waals surface area (Å²) in [4.78, 5) is 13.5. The van der Waals surface area contributed by atoms with Gasteiger partial charge in [-0.25, -0.2) is 0 Å². The standard InChI is InChI=1S/C12H14ClNO2/c1-16-12(15)11-5-6-14(11)8-9-3-2-4-10(13)7-9/h2-4,7,11H,5-6,8H2,1H3. The van der Waals surface area contributed by atoms with Crippen LogP contribution in [-0.4, -0.2) is 30.6 Å². The Morgan fingerprint density at radius 1 is 1.62 bits per heavy atom. The van der Waals surface area contributed by atoms with Crippen molar-refractivity contribution in [1.29, 1.82) is 0 Å². The zero-order valence-corrected chi connectivity index (χ0v) is 9.91. The Hall–Kier alpha value is -1.06. The summed E-state index contributed by atoms with van der Waals surface area (Å²) in [7, 11) is 1.43. The van der Waals surface area contributed by atoms with Crippen LogP contribution < -0.4 is 0 Å². The molecule has 1 aromatic rings. The van der Waals surface area contributed by atoms with Crippen molar-refractivity contribution in [1.82, 2.24) is 4.90 Å². The highest BCUT2D eigenvalue weighted by atomic mass is 35.5. The summed E-state index contributed by atoms with van der Waals surface area (Å²) in [6.07, 6.45) is 0.882. The molecule has 2 rings (SSSR count). The molecule has 1 saturated heterocycles. The third kappa shape index (κ3) is 2.36. The second kappa shape index (κ2) is 4.85. The minimum Gasteiger partial charge on any atom is -0.468 e. The number of likely N-dealkylation sites (tertiary alicyclic amines) is 1. The average Bonchev–Trinajstić information content (AvgIpc) is 2.24. The Balaban J connectivity index is 1.98. The molecule has 0 bridgehead atoms. The average molecular weight is 240 g/mol. The number of carbonyl (C=O) groups is 1. The van der Waals surface area contributed by atoms with Gasteiger partial charge in [0.25, 0.3) is 0 Å². The van der Waals surface area contributed by atoms with E-state index in [-0.39, 0.29) is 12.0 Å². The SMILES string of the molecule is COC(=O)C1CCN1Cc1cccc(Cl)c1. The zero-order valence-electron chi connectivity index (χ0n) is 9.15. The first-order chi connectivity index (χ1) is 7.70. The van der Waals surface area contributed by atoms with Crippen LogP contribution in [0.5, 0.6) is 0 Å². The lowest BCUT2D eigenvalue weighted by atomic mass is 10.0. The number of hydrogen-bond donors (Lipinski definition) is 0. The van der Waals surface area contributed by atoms with Crippen molar-refractivity contribution in [2.75, 3.05) is 13.7 Å². The molecule has 0 radical (unpaired) electrons. The van der Waals surface area contributed by atoms with Crippen LogP contribution in [-0.2, 0) is 16.1 Å². The minimum atomic E-state index is -0.145. The van der Waals surface area contributed by atoms with Gasteiger partial charge in [-0.15, -0.1) is 0 Å². The number of ether oxygens (including phenoxy) is 1. The number of esters is 1. The number of nitrogens with zero attached hydrogens (tertiary/aromatic N) is 1. The zero-order chi connectivity index (χ0) is 11.5. The van der Waals surface area contributed by atoms with Crippen LogP contribution in [0.3, 0.4) is 0 Å². The smallest absolute Gasteiger partial charge is 0.323 e. The second-order valence-corrected chi connectivity index (χ2v) is 4.36. The molecule has 0 N–H and O–H groups in total. The molecule has 4 heteroatoms. The third-order valence-electron chi connectivity index (χ3n) is 2.88. The molecular weight excluding hydrogens is 226 g/mol. The van der Waals surface area contributed by atoms with Crippen molar-refractivity contribution in [2.24, 2.45) is 0 Å². The van der Waals surface area contributed by atoms with Gasteiger partial charge in [0.2, 0.25) is 0 Å². The van der Waals surface area contributed by atoms with Crippen LogP contribution in [0, 0.1) is 0 Å². The first-order valence-electron chi connectivity index (χ1n) is 5.27. The Morgan fingerprint density at radius 3 is 3.00 bits per heavy atom. The molecule has 1 unspecified atom stereocenters. The lowest BCUT2D eigenvalue weighted by Crippen LogP contribution is -2.52. The molecule has 1 heterocycles. The van der Waals surface area contributed by atoms with E-state index in [0.29, 0.717) is 0 Å². The van der Waals surface area contributed by atoms with Gasteiger partial charge in [0.05, 0.1) is 7.11 Å². The molecular formula is C12H14ClNO2. The second-order valence-electron chi connectivity index (χ2n) is 3.93. The number of rotatable bonds is 3. The molecule has 0 spiro atoms. The van der Waals surface area contributed by atoms with Crippen LogP contribution in [0.1, 0.15) is 12.0 Å². The van der Waals surface area contributed by atoms with Gasteiger partial charge in [-0.1, -0.05) is 23.7 Å². The summed E-state index contributed by atoms with van der Waals surface area (Å²) in [6, 6.07) is 7.63. The van der Waals surface area contributed by atoms with Crippen molar-refractivity contribution in [3.05, 3.63) is 34.9 Å². The van der Waals surface area contributed by atoms with Gasteiger partial charge in [0, 0.05) is 18.1 Å². The molecule has 3 nitrogen and oxygen atoms in total. The number of halogens is 1. The van der Waals surface area contributed by atoms with Crippen LogP contribution in [0.2, 0.25) is 5.02 Å². The number of carbonyl (C=O) groups excluding carboxylic acids is 1. The third-order valence-corrected chi connectivity index (χ3v) is 3.11. The number of hydrogen-bond acceptors (Lipinski definition) is 3. The fourth-order valence-corrected chi connectivity index (χ4v) is 2.12. The predicted molar refractivity (Wildman–Crippen MR) is 62.3 cm³/mol. The topological polar surface area (TPSA) is 29.5 Å². The van der Waals surface area contributed by atoms with Gasteiger partial charge >= 0.3 is 5.97 Å². The van der Waals surface area contributed by atoms with E-state index < -0.39 is 0 Å². The fraction of sp³-hybridized carbons (Fsp3) is 0.417. The van der Waals surface area contributed by atoms with Gasteiger partial charge in [0.15, 0.2) is 0 Å². The van der Waals surface area contributed by atoms with Gasteiger partial charge < -0.3 is 4.74 Å². The maximum absolute atomic E-state index is 11.4. The molecule has 1 aromatic carbocycles. The summed E-state index contributed by atoms with van der Waals surface area (Å²) >= 11 is 5.91. The first kappa shape index (κ1) is 11.4. The first-order valence-corrected chi connectivity index (χ1v) is 5.65. The molecule has 0 aliphatic carbocycles. The molecule has 16 heavy (non-hydrogen) atoms. The van der Waals surface area contributed by atoms with Crippen molar-refractivity contribution >= 4 is 17.6 Å². The lowest BCUT2D eigenvalue weighted by molar-refractivity contribution is -0.152. The molecule has 1 atom stereocenters. The van der Waals surface area contributed by atoms with Crippen LogP contribution in [0.15, 0.2) is 24.3 Å². The van der Waals surface area contributed by atoms with Crippen LogP contribution in [0.4, 0.5) is 0 Å². The van der Waals surface area contributed by atoms with Crippen molar-refractivity contribution in [3.63, 3.8) is 0 Å². The number of benzene rings is 1. The van der Waals surface area contributed by atoms with Crippen molar-refractivity contribution < 1.29 is 9.53 Å². The Labute approximate surface area is 100.0 Å². The Kier molecular flexibility index (Phi) is 3.46. The molecule has 0 aromatic heterocycles. The van der Waals surface area contributed by atoms with E-state index in [9.17, 15) is 4.79 Å². The summed E-state index contributed by atoms with van der Waals surface area (Å²) in [5, 5.41) is 0.729. The van der Waals surface area contributed by atoms with Crippen molar-refractivity contribution in [3.8, 4) is 0 Å². The quantitative estimate of drug-likeness (QED) is 0.757. The van der Waals surface area contributed by atoms with Gasteiger partial charge in [-0.05, 0) is 24.1 Å². The van der Waals surface area contributed by atoms with E-state index in [2.05, 4.69) is 4.90 Å². The monoisotopic (exact) mass is 239 g/mol. The predicted octanol–water partition coefficient (Wildman–Crippen LogP) is 2.09. The molecule has 1 aliphatic rings. The highest BCUT2D eigenvalue weighted by Gasteiger charge is 2.34. The summed E-state index contributed by atoms with van der Waals surface area (Å²) in [5.41, 5.74) is 1.13. The van der Waals surface area contributed by atoms with Crippen LogP contribution >= 0.6 is 11.6 Å².